The third-order valence-electron chi connectivity index (χ3n) is 3.30. The van der Waals surface area contributed by atoms with E-state index < -0.39 is 22.3 Å². The average Bonchev–Trinajstić information content (AvgIpc) is 2.42. The van der Waals surface area contributed by atoms with E-state index >= 15 is 0 Å². The molecule has 0 radical (unpaired) electrons. The summed E-state index contributed by atoms with van der Waals surface area (Å²) in [5.41, 5.74) is 0.0479. The third kappa shape index (κ3) is 2.85. The van der Waals surface area contributed by atoms with Gasteiger partial charge in [0.05, 0.1) is 5.41 Å². The fraction of sp³-hybridized carbons (Fsp3) is 0.200. The van der Waals surface area contributed by atoms with Crippen LogP contribution in [-0.2, 0) is 16.6 Å². The molecule has 0 aliphatic rings. The van der Waals surface area contributed by atoms with Crippen LogP contribution in [0.25, 0.3) is 0 Å². The summed E-state index contributed by atoms with van der Waals surface area (Å²) in [7, 11) is 0. The van der Waals surface area contributed by atoms with Gasteiger partial charge in [-0.1, -0.05) is 6.07 Å². The first-order valence-electron chi connectivity index (χ1n) is 5.98. The lowest BCUT2D eigenvalue weighted by atomic mass is 9.78. The van der Waals surface area contributed by atoms with Gasteiger partial charge in [-0.25, -0.2) is 8.78 Å². The fourth-order valence-electron chi connectivity index (χ4n) is 2.03. The Morgan fingerprint density at radius 2 is 1.85 bits per heavy atom. The fourth-order valence-corrected chi connectivity index (χ4v) is 2.21. The van der Waals surface area contributed by atoms with Crippen LogP contribution >= 0.6 is 11.6 Å². The summed E-state index contributed by atoms with van der Waals surface area (Å²) in [6.45, 7) is 1.61. The molecule has 1 unspecified atom stereocenters. The molecule has 0 fully saturated rings. The Kier molecular flexibility index (Phi) is 4.14. The number of rotatable bonds is 4. The van der Waals surface area contributed by atoms with Gasteiger partial charge >= 0.3 is 0 Å². The zero-order valence-corrected chi connectivity index (χ0v) is 11.5. The largest absolute Gasteiger partial charge is 0.280 e. The molecule has 1 atom stereocenters. The molecule has 1 aromatic heterocycles. The van der Waals surface area contributed by atoms with Crippen LogP contribution in [0.15, 0.2) is 42.7 Å². The van der Waals surface area contributed by atoms with Crippen molar-refractivity contribution in [1.82, 2.24) is 4.98 Å². The molecule has 5 heteroatoms. The summed E-state index contributed by atoms with van der Waals surface area (Å²) in [6.07, 6.45) is 3.47. The predicted molar refractivity (Wildman–Crippen MR) is 72.5 cm³/mol. The number of nitrogens with zero attached hydrogens (tertiary/aromatic N) is 1. The third-order valence-corrected chi connectivity index (χ3v) is 3.71. The molecule has 1 heterocycles. The van der Waals surface area contributed by atoms with Crippen LogP contribution in [0.3, 0.4) is 0 Å². The Balaban J connectivity index is 2.43. The molecule has 0 aliphatic carbocycles. The zero-order valence-electron chi connectivity index (χ0n) is 10.7. The minimum Gasteiger partial charge on any atom is -0.280 e. The second-order valence-electron chi connectivity index (χ2n) is 4.77. The van der Waals surface area contributed by atoms with Crippen molar-refractivity contribution in [2.45, 2.75) is 18.8 Å². The first-order valence-corrected chi connectivity index (χ1v) is 6.35. The molecule has 1 aromatic carbocycles. The number of pyridine rings is 1. The molecule has 0 bridgehead atoms. The van der Waals surface area contributed by atoms with E-state index in [1.807, 2.05) is 0 Å². The van der Waals surface area contributed by atoms with Crippen molar-refractivity contribution < 1.29 is 13.6 Å². The van der Waals surface area contributed by atoms with Crippen LogP contribution in [0.1, 0.15) is 18.1 Å². The smallest absolute Gasteiger partial charge is 0.232 e. The van der Waals surface area contributed by atoms with Gasteiger partial charge in [0.2, 0.25) is 5.24 Å². The summed E-state index contributed by atoms with van der Waals surface area (Å²) in [5.74, 6) is -1.96. The SMILES string of the molecule is CC(Cc1ccncc1)(C(=O)Cl)c1ccc(F)c(F)c1. The summed E-state index contributed by atoms with van der Waals surface area (Å²) in [5, 5.41) is -0.625. The molecular formula is C15H12ClF2NO. The summed E-state index contributed by atoms with van der Waals surface area (Å²) < 4.78 is 26.4. The predicted octanol–water partition coefficient (Wildman–Crippen LogP) is 3.63. The van der Waals surface area contributed by atoms with Crippen LogP contribution in [0.2, 0.25) is 0 Å². The highest BCUT2D eigenvalue weighted by molar-refractivity contribution is 6.65. The summed E-state index contributed by atoms with van der Waals surface area (Å²) >= 11 is 5.69. The molecule has 2 rings (SSSR count). The van der Waals surface area contributed by atoms with Crippen LogP contribution in [0.4, 0.5) is 8.78 Å². The molecule has 0 saturated heterocycles. The summed E-state index contributed by atoms with van der Waals surface area (Å²) in [4.78, 5) is 15.7. The molecule has 0 saturated carbocycles. The van der Waals surface area contributed by atoms with E-state index in [-0.39, 0.29) is 6.42 Å². The molecule has 20 heavy (non-hydrogen) atoms. The maximum absolute atomic E-state index is 13.4. The van der Waals surface area contributed by atoms with Crippen molar-refractivity contribution in [2.75, 3.05) is 0 Å². The highest BCUT2D eigenvalue weighted by Gasteiger charge is 2.34. The van der Waals surface area contributed by atoms with E-state index in [4.69, 9.17) is 11.6 Å². The normalized spacial score (nSPS) is 13.8. The average molecular weight is 296 g/mol. The van der Waals surface area contributed by atoms with E-state index in [0.29, 0.717) is 5.56 Å². The first kappa shape index (κ1) is 14.6. The lowest BCUT2D eigenvalue weighted by Gasteiger charge is -2.26. The lowest BCUT2D eigenvalue weighted by molar-refractivity contribution is -0.116. The van der Waals surface area contributed by atoms with Crippen LogP contribution < -0.4 is 0 Å². The van der Waals surface area contributed by atoms with E-state index in [0.717, 1.165) is 17.7 Å². The molecule has 0 aliphatic heterocycles. The Hall–Kier alpha value is -1.81. The molecule has 2 aromatic rings. The minimum absolute atomic E-state index is 0.281. The summed E-state index contributed by atoms with van der Waals surface area (Å²) in [6, 6.07) is 6.88. The van der Waals surface area contributed by atoms with Crippen LogP contribution in [-0.4, -0.2) is 10.2 Å². The standard InChI is InChI=1S/C15H12ClF2NO/c1-15(14(16)20,9-10-4-6-19-7-5-10)11-2-3-12(17)13(18)8-11/h2-8H,9H2,1H3. The van der Waals surface area contributed by atoms with Gasteiger partial charge in [0, 0.05) is 12.4 Å². The number of benzene rings is 1. The second kappa shape index (κ2) is 5.67. The van der Waals surface area contributed by atoms with Crippen LogP contribution in [0, 0.1) is 11.6 Å². The maximum Gasteiger partial charge on any atom is 0.232 e. The topological polar surface area (TPSA) is 30.0 Å². The Morgan fingerprint density at radius 3 is 2.40 bits per heavy atom. The minimum atomic E-state index is -1.13. The molecular weight excluding hydrogens is 284 g/mol. The van der Waals surface area contributed by atoms with Crippen molar-refractivity contribution >= 4 is 16.8 Å². The number of carbonyl (C=O) groups is 1. The highest BCUT2D eigenvalue weighted by Crippen LogP contribution is 2.31. The molecule has 2 nitrogen and oxygen atoms in total. The van der Waals surface area contributed by atoms with E-state index in [2.05, 4.69) is 4.98 Å². The van der Waals surface area contributed by atoms with Gasteiger partial charge in [-0.05, 0) is 60.3 Å². The van der Waals surface area contributed by atoms with Gasteiger partial charge in [0.15, 0.2) is 11.6 Å². The number of hydrogen-bond acceptors (Lipinski definition) is 2. The molecule has 0 amide bonds. The maximum atomic E-state index is 13.4. The van der Waals surface area contributed by atoms with Crippen molar-refractivity contribution in [3.05, 3.63) is 65.5 Å². The molecule has 104 valence electrons. The van der Waals surface area contributed by atoms with Gasteiger partial charge in [0.25, 0.3) is 0 Å². The second-order valence-corrected chi connectivity index (χ2v) is 5.11. The van der Waals surface area contributed by atoms with Gasteiger partial charge in [0.1, 0.15) is 0 Å². The van der Waals surface area contributed by atoms with Crippen molar-refractivity contribution in [3.8, 4) is 0 Å². The van der Waals surface area contributed by atoms with E-state index in [9.17, 15) is 13.6 Å². The lowest BCUT2D eigenvalue weighted by Crippen LogP contribution is -2.32. The Labute approximate surface area is 120 Å². The zero-order chi connectivity index (χ0) is 14.8. The Morgan fingerprint density at radius 1 is 1.20 bits per heavy atom. The number of carbonyl (C=O) groups excluding carboxylic acids is 1. The van der Waals surface area contributed by atoms with Gasteiger partial charge in [-0.15, -0.1) is 0 Å². The van der Waals surface area contributed by atoms with Gasteiger partial charge in [-0.3, -0.25) is 9.78 Å². The number of hydrogen-bond donors (Lipinski definition) is 0. The van der Waals surface area contributed by atoms with Crippen molar-refractivity contribution in [1.29, 1.82) is 0 Å². The van der Waals surface area contributed by atoms with Gasteiger partial charge < -0.3 is 0 Å². The van der Waals surface area contributed by atoms with E-state index in [1.165, 1.54) is 6.07 Å². The monoisotopic (exact) mass is 295 g/mol. The van der Waals surface area contributed by atoms with E-state index in [1.54, 1.807) is 31.5 Å². The van der Waals surface area contributed by atoms with Gasteiger partial charge in [-0.2, -0.15) is 0 Å². The number of halogens is 3. The van der Waals surface area contributed by atoms with Crippen molar-refractivity contribution in [3.63, 3.8) is 0 Å². The first-order chi connectivity index (χ1) is 9.43. The molecule has 0 N–H and O–H groups in total. The molecule has 0 spiro atoms. The highest BCUT2D eigenvalue weighted by atomic mass is 35.5. The Bertz CT molecular complexity index is 633. The quantitative estimate of drug-likeness (QED) is 0.806. The van der Waals surface area contributed by atoms with Crippen molar-refractivity contribution in [2.24, 2.45) is 0 Å². The number of aromatic nitrogens is 1. The van der Waals surface area contributed by atoms with Crippen LogP contribution in [0.5, 0.6) is 0 Å².